The summed E-state index contributed by atoms with van der Waals surface area (Å²) in [6.07, 6.45) is 0.833. The number of hydrogen-bond donors (Lipinski definition) is 1. The van der Waals surface area contributed by atoms with Crippen LogP contribution in [-0.4, -0.2) is 50.8 Å². The van der Waals surface area contributed by atoms with E-state index in [0.29, 0.717) is 13.0 Å². The smallest absolute Gasteiger partial charge is 0.321 e. The van der Waals surface area contributed by atoms with Gasteiger partial charge in [0, 0.05) is 6.92 Å². The van der Waals surface area contributed by atoms with Crippen LogP contribution in [-0.2, 0) is 28.6 Å². The van der Waals surface area contributed by atoms with E-state index in [1.165, 1.54) is 21.1 Å². The van der Waals surface area contributed by atoms with Gasteiger partial charge in [0.2, 0.25) is 0 Å². The van der Waals surface area contributed by atoms with Crippen molar-refractivity contribution in [3.05, 3.63) is 0 Å². The van der Waals surface area contributed by atoms with Crippen molar-refractivity contribution in [2.24, 2.45) is 5.92 Å². The highest BCUT2D eigenvalue weighted by atomic mass is 16.6. The summed E-state index contributed by atoms with van der Waals surface area (Å²) in [7, 11) is 2.39. The Hall–Kier alpha value is -1.63. The largest absolute Gasteiger partial charge is 0.468 e. The molecule has 0 amide bonds. The van der Waals surface area contributed by atoms with Crippen LogP contribution in [0.4, 0.5) is 0 Å². The Morgan fingerprint density at radius 3 is 2.21 bits per heavy atom. The molecule has 1 rings (SSSR count). The molecule has 108 valence electrons. The number of methoxy groups -OCH3 is 2. The average Bonchev–Trinajstić information content (AvgIpc) is 2.39. The van der Waals surface area contributed by atoms with Gasteiger partial charge in [-0.25, -0.2) is 0 Å². The first kappa shape index (κ1) is 15.4. The van der Waals surface area contributed by atoms with E-state index < -0.39 is 36.0 Å². The normalized spacial score (nSPS) is 22.7. The van der Waals surface area contributed by atoms with Crippen LogP contribution >= 0.6 is 0 Å². The zero-order valence-electron chi connectivity index (χ0n) is 11.3. The van der Waals surface area contributed by atoms with Crippen LogP contribution in [0.1, 0.15) is 19.8 Å². The lowest BCUT2D eigenvalue weighted by atomic mass is 9.89. The van der Waals surface area contributed by atoms with Gasteiger partial charge < -0.3 is 19.5 Å². The lowest BCUT2D eigenvalue weighted by Crippen LogP contribution is -2.55. The maximum atomic E-state index is 11.7. The molecule has 0 aliphatic carbocycles. The second-order valence-corrected chi connectivity index (χ2v) is 4.29. The third-order valence-corrected chi connectivity index (χ3v) is 3.03. The lowest BCUT2D eigenvalue weighted by Gasteiger charge is -2.34. The summed E-state index contributed by atoms with van der Waals surface area (Å²) in [4.78, 5) is 34.6. The standard InChI is InChI=1S/C12H19NO6/c1-7(14)19-8-5-4-6-13-10(8)9(11(15)17-2)12(16)18-3/h8-10,13H,4-6H2,1-3H3/t8-,10-/m1/s1. The molecule has 7 nitrogen and oxygen atoms in total. The minimum Gasteiger partial charge on any atom is -0.468 e. The van der Waals surface area contributed by atoms with Crippen LogP contribution in [0.2, 0.25) is 0 Å². The first-order chi connectivity index (χ1) is 9.01. The Morgan fingerprint density at radius 2 is 1.74 bits per heavy atom. The Kier molecular flexibility index (Phi) is 5.75. The third kappa shape index (κ3) is 3.92. The molecule has 0 aromatic rings. The SMILES string of the molecule is COC(=O)C(C(=O)OC)[C@@H]1NCCC[C@H]1OC(C)=O. The van der Waals surface area contributed by atoms with Crippen molar-refractivity contribution in [2.45, 2.75) is 31.9 Å². The van der Waals surface area contributed by atoms with Gasteiger partial charge in [0.1, 0.15) is 6.10 Å². The van der Waals surface area contributed by atoms with E-state index in [1.807, 2.05) is 0 Å². The number of hydrogen-bond acceptors (Lipinski definition) is 7. The van der Waals surface area contributed by atoms with E-state index in [4.69, 9.17) is 4.74 Å². The van der Waals surface area contributed by atoms with Crippen LogP contribution in [0.5, 0.6) is 0 Å². The number of nitrogens with one attached hydrogen (secondary N) is 1. The van der Waals surface area contributed by atoms with Gasteiger partial charge in [-0.2, -0.15) is 0 Å². The molecule has 0 unspecified atom stereocenters. The van der Waals surface area contributed by atoms with E-state index in [9.17, 15) is 14.4 Å². The molecule has 19 heavy (non-hydrogen) atoms. The van der Waals surface area contributed by atoms with E-state index in [-0.39, 0.29) is 0 Å². The fraction of sp³-hybridized carbons (Fsp3) is 0.750. The molecule has 1 saturated heterocycles. The monoisotopic (exact) mass is 273 g/mol. The molecule has 1 aliphatic rings. The van der Waals surface area contributed by atoms with Gasteiger partial charge in [-0.15, -0.1) is 0 Å². The van der Waals surface area contributed by atoms with Crippen LogP contribution in [0.25, 0.3) is 0 Å². The Bertz CT molecular complexity index is 340. The highest BCUT2D eigenvalue weighted by Crippen LogP contribution is 2.21. The fourth-order valence-corrected chi connectivity index (χ4v) is 2.20. The predicted octanol–water partition coefficient (Wildman–Crippen LogP) is -0.368. The number of carbonyl (C=O) groups is 3. The molecule has 0 saturated carbocycles. The Morgan fingerprint density at radius 1 is 1.16 bits per heavy atom. The lowest BCUT2D eigenvalue weighted by molar-refractivity contribution is -0.167. The van der Waals surface area contributed by atoms with Gasteiger partial charge in [0.25, 0.3) is 0 Å². The molecule has 0 bridgehead atoms. The van der Waals surface area contributed by atoms with E-state index in [1.54, 1.807) is 0 Å². The summed E-state index contributed by atoms with van der Waals surface area (Å²) in [5, 5.41) is 3.03. The quantitative estimate of drug-likeness (QED) is 0.424. The molecule has 2 atom stereocenters. The molecule has 1 aliphatic heterocycles. The molecular formula is C12H19NO6. The zero-order valence-corrected chi connectivity index (χ0v) is 11.3. The summed E-state index contributed by atoms with van der Waals surface area (Å²) in [5.41, 5.74) is 0. The maximum Gasteiger partial charge on any atom is 0.321 e. The fourth-order valence-electron chi connectivity index (χ4n) is 2.20. The van der Waals surface area contributed by atoms with E-state index >= 15 is 0 Å². The summed E-state index contributed by atoms with van der Waals surface area (Å²) in [5.74, 6) is -3.00. The van der Waals surface area contributed by atoms with Crippen molar-refractivity contribution in [1.82, 2.24) is 5.32 Å². The van der Waals surface area contributed by atoms with Crippen molar-refractivity contribution in [2.75, 3.05) is 20.8 Å². The highest BCUT2D eigenvalue weighted by Gasteiger charge is 2.43. The van der Waals surface area contributed by atoms with Crippen LogP contribution in [0.15, 0.2) is 0 Å². The number of esters is 3. The van der Waals surface area contributed by atoms with Gasteiger partial charge in [0.05, 0.1) is 20.3 Å². The van der Waals surface area contributed by atoms with Gasteiger partial charge in [0.15, 0.2) is 5.92 Å². The van der Waals surface area contributed by atoms with Gasteiger partial charge in [-0.1, -0.05) is 0 Å². The van der Waals surface area contributed by atoms with Crippen molar-refractivity contribution in [3.63, 3.8) is 0 Å². The van der Waals surface area contributed by atoms with Crippen molar-refractivity contribution < 1.29 is 28.6 Å². The van der Waals surface area contributed by atoms with Gasteiger partial charge in [-0.3, -0.25) is 14.4 Å². The highest BCUT2D eigenvalue weighted by molar-refractivity contribution is 5.95. The summed E-state index contributed by atoms with van der Waals surface area (Å²) in [6, 6.07) is -0.627. The Labute approximate surface area is 111 Å². The van der Waals surface area contributed by atoms with Gasteiger partial charge in [-0.05, 0) is 19.4 Å². The second-order valence-electron chi connectivity index (χ2n) is 4.29. The zero-order chi connectivity index (χ0) is 14.4. The minimum absolute atomic E-state index is 0.452. The molecule has 0 aromatic heterocycles. The average molecular weight is 273 g/mol. The van der Waals surface area contributed by atoms with E-state index in [0.717, 1.165) is 6.42 Å². The van der Waals surface area contributed by atoms with Crippen LogP contribution in [0, 0.1) is 5.92 Å². The Balaban J connectivity index is 2.92. The van der Waals surface area contributed by atoms with Crippen LogP contribution in [0.3, 0.4) is 0 Å². The third-order valence-electron chi connectivity index (χ3n) is 3.03. The molecule has 1 N–H and O–H groups in total. The minimum atomic E-state index is -1.14. The maximum absolute atomic E-state index is 11.7. The number of piperidine rings is 1. The molecule has 1 heterocycles. The number of rotatable bonds is 4. The van der Waals surface area contributed by atoms with Crippen molar-refractivity contribution >= 4 is 17.9 Å². The summed E-state index contributed by atoms with van der Waals surface area (Å²) >= 11 is 0. The van der Waals surface area contributed by atoms with Gasteiger partial charge >= 0.3 is 17.9 Å². The molecule has 0 radical (unpaired) electrons. The van der Waals surface area contributed by atoms with Crippen molar-refractivity contribution in [3.8, 4) is 0 Å². The molecule has 7 heteroatoms. The molecule has 1 fully saturated rings. The van der Waals surface area contributed by atoms with Crippen LogP contribution < -0.4 is 5.32 Å². The second kappa shape index (κ2) is 7.08. The number of ether oxygens (including phenoxy) is 3. The predicted molar refractivity (Wildman–Crippen MR) is 64.1 cm³/mol. The van der Waals surface area contributed by atoms with E-state index in [2.05, 4.69) is 14.8 Å². The first-order valence-corrected chi connectivity index (χ1v) is 6.07. The molecule has 0 aromatic carbocycles. The van der Waals surface area contributed by atoms with Crippen molar-refractivity contribution in [1.29, 1.82) is 0 Å². The molecule has 0 spiro atoms. The molecular weight excluding hydrogens is 254 g/mol. The number of carbonyl (C=O) groups excluding carboxylic acids is 3. The summed E-state index contributed by atoms with van der Waals surface area (Å²) < 4.78 is 14.4. The topological polar surface area (TPSA) is 90.9 Å². The first-order valence-electron chi connectivity index (χ1n) is 6.07. The summed E-state index contributed by atoms with van der Waals surface area (Å²) in [6.45, 7) is 1.92.